The van der Waals surface area contributed by atoms with E-state index >= 15 is 0 Å². The Hall–Kier alpha value is -3.03. The highest BCUT2D eigenvalue weighted by Crippen LogP contribution is 2.41. The largest absolute Gasteiger partial charge is 0.493 e. The van der Waals surface area contributed by atoms with Crippen molar-refractivity contribution in [2.24, 2.45) is 0 Å². The van der Waals surface area contributed by atoms with Crippen LogP contribution in [-0.4, -0.2) is 58.3 Å². The van der Waals surface area contributed by atoms with Crippen molar-refractivity contribution in [1.29, 1.82) is 0 Å². The molecule has 0 unspecified atom stereocenters. The van der Waals surface area contributed by atoms with Crippen molar-refractivity contribution in [3.63, 3.8) is 0 Å². The van der Waals surface area contributed by atoms with Gasteiger partial charge in [-0.25, -0.2) is 0 Å². The van der Waals surface area contributed by atoms with Crippen LogP contribution >= 0.6 is 0 Å². The van der Waals surface area contributed by atoms with Gasteiger partial charge >= 0.3 is 0 Å². The van der Waals surface area contributed by atoms with Crippen molar-refractivity contribution in [3.05, 3.63) is 42.1 Å². The maximum atomic E-state index is 6.24. The van der Waals surface area contributed by atoms with Crippen LogP contribution in [0.1, 0.15) is 24.8 Å². The van der Waals surface area contributed by atoms with Gasteiger partial charge in [0.2, 0.25) is 12.5 Å². The van der Waals surface area contributed by atoms with E-state index in [1.165, 1.54) is 49.2 Å². The maximum Gasteiger partial charge on any atom is 0.231 e. The van der Waals surface area contributed by atoms with Crippen molar-refractivity contribution in [2.75, 3.05) is 53.4 Å². The minimum atomic E-state index is 0.290. The molecule has 3 aliphatic rings. The lowest BCUT2D eigenvalue weighted by Crippen LogP contribution is -2.40. The molecule has 0 spiro atoms. The summed E-state index contributed by atoms with van der Waals surface area (Å²) in [4.78, 5) is 2.49. The van der Waals surface area contributed by atoms with Gasteiger partial charge in [0, 0.05) is 19.0 Å². The fourth-order valence-electron chi connectivity index (χ4n) is 5.39. The Morgan fingerprint density at radius 3 is 2.69 bits per heavy atom. The molecule has 7 nitrogen and oxygen atoms in total. The van der Waals surface area contributed by atoms with Crippen LogP contribution < -0.4 is 23.5 Å². The van der Waals surface area contributed by atoms with E-state index in [0.717, 1.165) is 59.9 Å². The highest BCUT2D eigenvalue weighted by atomic mass is 16.7. The van der Waals surface area contributed by atoms with E-state index in [2.05, 4.69) is 39.9 Å². The molecule has 0 radical (unpaired) electrons. The molecule has 0 aliphatic carbocycles. The predicted octanol–water partition coefficient (Wildman–Crippen LogP) is 3.97. The molecule has 0 bridgehead atoms. The third-order valence-electron chi connectivity index (χ3n) is 7.27. The number of benzene rings is 2. The minimum Gasteiger partial charge on any atom is -0.493 e. The molecule has 35 heavy (non-hydrogen) atoms. The topological polar surface area (TPSA) is 53.3 Å². The van der Waals surface area contributed by atoms with Gasteiger partial charge in [0.05, 0.1) is 31.3 Å². The van der Waals surface area contributed by atoms with Gasteiger partial charge in [0.1, 0.15) is 6.61 Å². The molecule has 3 aromatic rings. The second-order valence-corrected chi connectivity index (χ2v) is 9.43. The maximum absolute atomic E-state index is 6.24. The number of methoxy groups -OCH3 is 1. The summed E-state index contributed by atoms with van der Waals surface area (Å²) in [5, 5.41) is 2.16. The Kier molecular flexibility index (Phi) is 6.35. The first-order valence-electron chi connectivity index (χ1n) is 12.7. The van der Waals surface area contributed by atoms with Gasteiger partial charge in [0.15, 0.2) is 35.7 Å². The van der Waals surface area contributed by atoms with E-state index in [0.29, 0.717) is 20.0 Å². The van der Waals surface area contributed by atoms with Crippen LogP contribution in [-0.2, 0) is 17.7 Å². The predicted molar refractivity (Wildman–Crippen MR) is 133 cm³/mol. The summed E-state index contributed by atoms with van der Waals surface area (Å²) in [5.41, 5.74) is 3.66. The van der Waals surface area contributed by atoms with Gasteiger partial charge in [0.25, 0.3) is 0 Å². The average molecular weight is 478 g/mol. The third kappa shape index (κ3) is 4.50. The number of pyridine rings is 1. The monoisotopic (exact) mass is 477 g/mol. The first-order valence-corrected chi connectivity index (χ1v) is 12.7. The Balaban J connectivity index is 1.19. The summed E-state index contributed by atoms with van der Waals surface area (Å²) in [6.07, 6.45) is 7.11. The quantitative estimate of drug-likeness (QED) is 0.362. The molecule has 1 aromatic heterocycles. The van der Waals surface area contributed by atoms with E-state index < -0.39 is 0 Å². The van der Waals surface area contributed by atoms with Crippen LogP contribution in [0.4, 0.5) is 0 Å². The lowest BCUT2D eigenvalue weighted by atomic mass is 9.95. The average Bonchev–Trinajstić information content (AvgIpc) is 3.36. The van der Waals surface area contributed by atoms with Crippen LogP contribution in [0.15, 0.2) is 36.5 Å². The van der Waals surface area contributed by atoms with Crippen molar-refractivity contribution < 1.29 is 28.3 Å². The first kappa shape index (κ1) is 22.4. The molecule has 7 heteroatoms. The van der Waals surface area contributed by atoms with Gasteiger partial charge in [-0.05, 0) is 61.1 Å². The number of aromatic nitrogens is 1. The zero-order chi connectivity index (χ0) is 23.6. The van der Waals surface area contributed by atoms with E-state index in [4.69, 9.17) is 23.7 Å². The fraction of sp³-hybridized carbons (Fsp3) is 0.464. The van der Waals surface area contributed by atoms with Gasteiger partial charge < -0.3 is 28.6 Å². The number of hydrogen-bond acceptors (Lipinski definition) is 6. The zero-order valence-corrected chi connectivity index (χ0v) is 20.4. The number of piperidine rings is 1. The molecule has 0 N–H and O–H groups in total. The molecule has 2 aromatic carbocycles. The fourth-order valence-corrected chi connectivity index (χ4v) is 5.39. The number of rotatable bonds is 8. The highest BCUT2D eigenvalue weighted by molar-refractivity contribution is 5.91. The number of ether oxygens (including phenoxy) is 5. The molecule has 3 aliphatic heterocycles. The molecule has 0 saturated carbocycles. The summed E-state index contributed by atoms with van der Waals surface area (Å²) >= 11 is 0. The Bertz CT molecular complexity index is 1220. The number of nitrogens with zero attached hydrogens (tertiary/aromatic N) is 2. The summed E-state index contributed by atoms with van der Waals surface area (Å²) in [5.74, 6) is 3.18. The molecular formula is C28H33N2O5+. The van der Waals surface area contributed by atoms with Crippen molar-refractivity contribution in [3.8, 4) is 34.3 Å². The molecule has 4 heterocycles. The van der Waals surface area contributed by atoms with Gasteiger partial charge in [-0.3, -0.25) is 0 Å². The van der Waals surface area contributed by atoms with Crippen molar-refractivity contribution in [2.45, 2.75) is 32.2 Å². The zero-order valence-electron chi connectivity index (χ0n) is 20.4. The number of fused-ring (bicyclic) bond motifs is 5. The number of hydrogen-bond donors (Lipinski definition) is 0. The SMILES string of the molecule is COc1ccc2cc3[n+](cc2c1OCCOCCN1CCCCC1)CCc1cc2c(cc1-3)OCO2. The standard InChI is InChI=1S/C28H33N2O5/c1-31-25-6-5-20-15-24-22-17-27-26(34-19-35-27)16-21(22)7-10-30(24)18-23(20)28(25)33-14-13-32-12-11-29-8-3-2-4-9-29/h5-6,15-18H,2-4,7-14,19H2,1H3/q+1. The molecule has 184 valence electrons. The van der Waals surface area contributed by atoms with Crippen molar-refractivity contribution in [1.82, 2.24) is 4.90 Å². The van der Waals surface area contributed by atoms with E-state index in [9.17, 15) is 0 Å². The number of likely N-dealkylation sites (tertiary alicyclic amines) is 1. The molecule has 1 saturated heterocycles. The molecular weight excluding hydrogens is 444 g/mol. The Labute approximate surface area is 206 Å². The summed E-state index contributed by atoms with van der Waals surface area (Å²) < 4.78 is 31.3. The first-order chi connectivity index (χ1) is 17.3. The molecule has 6 rings (SSSR count). The minimum absolute atomic E-state index is 0.290. The van der Waals surface area contributed by atoms with Gasteiger partial charge in [-0.2, -0.15) is 4.57 Å². The van der Waals surface area contributed by atoms with Crippen LogP contribution in [0.3, 0.4) is 0 Å². The molecule has 1 fully saturated rings. The second-order valence-electron chi connectivity index (χ2n) is 9.43. The smallest absolute Gasteiger partial charge is 0.231 e. The molecule has 0 atom stereocenters. The van der Waals surface area contributed by atoms with Gasteiger partial charge in [-0.15, -0.1) is 0 Å². The van der Waals surface area contributed by atoms with Crippen LogP contribution in [0, 0.1) is 0 Å². The van der Waals surface area contributed by atoms with E-state index in [-0.39, 0.29) is 0 Å². The molecule has 0 amide bonds. The van der Waals surface area contributed by atoms with Crippen molar-refractivity contribution >= 4 is 10.8 Å². The van der Waals surface area contributed by atoms with Crippen LogP contribution in [0.2, 0.25) is 0 Å². The number of aryl methyl sites for hydroxylation is 2. The summed E-state index contributed by atoms with van der Waals surface area (Å²) in [6, 6.07) is 10.5. The normalized spacial score (nSPS) is 16.7. The van der Waals surface area contributed by atoms with E-state index in [1.54, 1.807) is 7.11 Å². The lowest BCUT2D eigenvalue weighted by Gasteiger charge is -2.26. The van der Waals surface area contributed by atoms with E-state index in [1.807, 2.05) is 6.07 Å². The van der Waals surface area contributed by atoms with Gasteiger partial charge in [-0.1, -0.05) is 6.42 Å². The van der Waals surface area contributed by atoms with Crippen LogP contribution in [0.25, 0.3) is 22.0 Å². The Morgan fingerprint density at radius 2 is 1.83 bits per heavy atom. The van der Waals surface area contributed by atoms with Crippen LogP contribution in [0.5, 0.6) is 23.0 Å². The Morgan fingerprint density at radius 1 is 0.971 bits per heavy atom. The highest BCUT2D eigenvalue weighted by Gasteiger charge is 2.28. The summed E-state index contributed by atoms with van der Waals surface area (Å²) in [6.45, 7) is 6.38. The second kappa shape index (κ2) is 9.91. The lowest BCUT2D eigenvalue weighted by molar-refractivity contribution is -0.686. The third-order valence-corrected chi connectivity index (χ3v) is 7.27. The summed E-state index contributed by atoms with van der Waals surface area (Å²) in [7, 11) is 1.69.